The van der Waals surface area contributed by atoms with Gasteiger partial charge in [-0.15, -0.1) is 11.3 Å². The van der Waals surface area contributed by atoms with Crippen LogP contribution >= 0.6 is 11.3 Å². The Hall–Kier alpha value is -1.62. The second kappa shape index (κ2) is 7.24. The van der Waals surface area contributed by atoms with Crippen LogP contribution in [0, 0.1) is 0 Å². The van der Waals surface area contributed by atoms with E-state index in [9.17, 15) is 9.59 Å². The highest BCUT2D eigenvalue weighted by atomic mass is 32.1. The van der Waals surface area contributed by atoms with Crippen LogP contribution in [0.15, 0.2) is 29.2 Å². The van der Waals surface area contributed by atoms with Crippen molar-refractivity contribution in [3.05, 3.63) is 34.0 Å². The molecule has 1 amide bonds. The van der Waals surface area contributed by atoms with Crippen LogP contribution < -0.4 is 5.32 Å². The quantitative estimate of drug-likeness (QED) is 0.791. The van der Waals surface area contributed by atoms with Gasteiger partial charge < -0.3 is 10.4 Å². The maximum atomic E-state index is 12.1. The minimum atomic E-state index is -0.902. The van der Waals surface area contributed by atoms with E-state index in [1.165, 1.54) is 23.3 Å². The number of carboxylic acid groups (broad SMARTS) is 1. The van der Waals surface area contributed by atoms with Gasteiger partial charge in [0.15, 0.2) is 0 Å². The van der Waals surface area contributed by atoms with E-state index >= 15 is 0 Å². The van der Waals surface area contributed by atoms with Crippen molar-refractivity contribution in [3.63, 3.8) is 0 Å². The molecule has 20 heavy (non-hydrogen) atoms. The highest BCUT2D eigenvalue weighted by Crippen LogP contribution is 2.24. The van der Waals surface area contributed by atoms with Crippen molar-refractivity contribution in [2.24, 2.45) is 0 Å². The first kappa shape index (κ1) is 14.8. The SMILES string of the molecule is O=C(O)C[C@H](NC(=O)CC1=CCCCC1)c1cccs1. The zero-order valence-corrected chi connectivity index (χ0v) is 12.1. The van der Waals surface area contributed by atoms with Crippen LogP contribution in [-0.4, -0.2) is 17.0 Å². The molecule has 2 rings (SSSR count). The van der Waals surface area contributed by atoms with Crippen molar-refractivity contribution in [2.75, 3.05) is 0 Å². The van der Waals surface area contributed by atoms with Gasteiger partial charge in [0, 0.05) is 11.3 Å². The maximum absolute atomic E-state index is 12.1. The van der Waals surface area contributed by atoms with Crippen molar-refractivity contribution >= 4 is 23.2 Å². The Kier molecular flexibility index (Phi) is 5.35. The van der Waals surface area contributed by atoms with Crippen LogP contribution in [0.2, 0.25) is 0 Å². The van der Waals surface area contributed by atoms with Crippen LogP contribution in [0.25, 0.3) is 0 Å². The summed E-state index contributed by atoms with van der Waals surface area (Å²) in [6, 6.07) is 3.30. The predicted molar refractivity (Wildman–Crippen MR) is 78.6 cm³/mol. The van der Waals surface area contributed by atoms with Crippen molar-refractivity contribution in [1.29, 1.82) is 0 Å². The third-order valence-electron chi connectivity index (χ3n) is 3.37. The summed E-state index contributed by atoms with van der Waals surface area (Å²) in [5, 5.41) is 13.7. The van der Waals surface area contributed by atoms with Gasteiger partial charge in [0.2, 0.25) is 5.91 Å². The van der Waals surface area contributed by atoms with E-state index in [2.05, 4.69) is 11.4 Å². The minimum absolute atomic E-state index is 0.0781. The monoisotopic (exact) mass is 293 g/mol. The summed E-state index contributed by atoms with van der Waals surface area (Å²) in [5.41, 5.74) is 1.18. The molecule has 0 fully saturated rings. The summed E-state index contributed by atoms with van der Waals surface area (Å²) in [6.07, 6.45) is 6.82. The Morgan fingerprint density at radius 3 is 2.85 bits per heavy atom. The smallest absolute Gasteiger partial charge is 0.305 e. The first-order chi connectivity index (χ1) is 9.65. The molecule has 0 spiro atoms. The van der Waals surface area contributed by atoms with Crippen molar-refractivity contribution in [3.8, 4) is 0 Å². The highest BCUT2D eigenvalue weighted by Gasteiger charge is 2.19. The van der Waals surface area contributed by atoms with Crippen molar-refractivity contribution in [2.45, 2.75) is 44.6 Å². The number of nitrogens with one attached hydrogen (secondary N) is 1. The van der Waals surface area contributed by atoms with Gasteiger partial charge in [-0.1, -0.05) is 17.7 Å². The molecule has 0 saturated heterocycles. The van der Waals surface area contributed by atoms with Gasteiger partial charge in [-0.05, 0) is 37.1 Å². The topological polar surface area (TPSA) is 66.4 Å². The molecule has 1 atom stereocenters. The zero-order chi connectivity index (χ0) is 14.4. The maximum Gasteiger partial charge on any atom is 0.305 e. The summed E-state index contributed by atoms with van der Waals surface area (Å²) >= 11 is 1.47. The second-order valence-corrected chi connectivity index (χ2v) is 6.00. The Morgan fingerprint density at radius 1 is 1.40 bits per heavy atom. The lowest BCUT2D eigenvalue weighted by molar-refractivity contribution is -0.137. The third kappa shape index (κ3) is 4.49. The number of hydrogen-bond donors (Lipinski definition) is 2. The number of aliphatic carboxylic acids is 1. The summed E-state index contributed by atoms with van der Waals surface area (Å²) in [6.45, 7) is 0. The number of carbonyl (C=O) groups excluding carboxylic acids is 1. The molecule has 0 bridgehead atoms. The van der Waals surface area contributed by atoms with Crippen LogP contribution in [-0.2, 0) is 9.59 Å². The zero-order valence-electron chi connectivity index (χ0n) is 11.3. The average Bonchev–Trinajstić information content (AvgIpc) is 2.92. The Bertz CT molecular complexity index is 493. The predicted octanol–water partition coefficient (Wildman–Crippen LogP) is 3.27. The standard InChI is InChI=1S/C15H19NO3S/c17-14(9-11-5-2-1-3-6-11)16-12(10-15(18)19)13-7-4-8-20-13/h4-5,7-8,12H,1-3,6,9-10H2,(H,16,17)(H,18,19)/t12-/m0/s1. The summed E-state index contributed by atoms with van der Waals surface area (Å²) < 4.78 is 0. The van der Waals surface area contributed by atoms with E-state index in [0.29, 0.717) is 6.42 Å². The molecular weight excluding hydrogens is 274 g/mol. The summed E-state index contributed by atoms with van der Waals surface area (Å²) in [7, 11) is 0. The van der Waals surface area contributed by atoms with Gasteiger partial charge in [-0.2, -0.15) is 0 Å². The Morgan fingerprint density at radius 2 is 2.25 bits per heavy atom. The lowest BCUT2D eigenvalue weighted by Gasteiger charge is -2.17. The molecule has 0 aliphatic heterocycles. The molecule has 0 saturated carbocycles. The number of hydrogen-bond acceptors (Lipinski definition) is 3. The molecule has 0 radical (unpaired) electrons. The second-order valence-electron chi connectivity index (χ2n) is 5.02. The van der Waals surface area contributed by atoms with Gasteiger partial charge in [-0.25, -0.2) is 0 Å². The van der Waals surface area contributed by atoms with E-state index < -0.39 is 12.0 Å². The number of amides is 1. The third-order valence-corrected chi connectivity index (χ3v) is 4.36. The molecule has 2 N–H and O–H groups in total. The first-order valence-corrected chi connectivity index (χ1v) is 7.75. The number of rotatable bonds is 6. The fourth-order valence-corrected chi connectivity index (χ4v) is 3.18. The summed E-state index contributed by atoms with van der Waals surface area (Å²) in [5.74, 6) is -0.988. The van der Waals surface area contributed by atoms with E-state index in [0.717, 1.165) is 24.1 Å². The van der Waals surface area contributed by atoms with Crippen LogP contribution in [0.3, 0.4) is 0 Å². The van der Waals surface area contributed by atoms with Crippen molar-refractivity contribution < 1.29 is 14.7 Å². The normalized spacial score (nSPS) is 16.3. The summed E-state index contributed by atoms with van der Waals surface area (Å²) in [4.78, 5) is 23.9. The van der Waals surface area contributed by atoms with Gasteiger partial charge in [0.1, 0.15) is 0 Å². The van der Waals surface area contributed by atoms with E-state index in [1.807, 2.05) is 17.5 Å². The molecule has 1 aliphatic carbocycles. The van der Waals surface area contributed by atoms with Gasteiger partial charge in [0.25, 0.3) is 0 Å². The lowest BCUT2D eigenvalue weighted by atomic mass is 9.97. The number of allylic oxidation sites excluding steroid dienone is 1. The molecule has 4 nitrogen and oxygen atoms in total. The fourth-order valence-electron chi connectivity index (χ4n) is 2.40. The molecule has 1 aliphatic rings. The number of carbonyl (C=O) groups is 2. The van der Waals surface area contributed by atoms with Gasteiger partial charge >= 0.3 is 5.97 Å². The number of carboxylic acids is 1. The molecule has 5 heteroatoms. The molecular formula is C15H19NO3S. The molecule has 1 heterocycles. The van der Waals surface area contributed by atoms with Crippen LogP contribution in [0.5, 0.6) is 0 Å². The first-order valence-electron chi connectivity index (χ1n) is 6.87. The average molecular weight is 293 g/mol. The molecule has 108 valence electrons. The lowest BCUT2D eigenvalue weighted by Crippen LogP contribution is -2.29. The molecule has 1 aromatic rings. The molecule has 1 aromatic heterocycles. The Balaban J connectivity index is 1.94. The van der Waals surface area contributed by atoms with Gasteiger partial charge in [0.05, 0.1) is 12.5 Å². The molecule has 0 unspecified atom stereocenters. The molecule has 0 aromatic carbocycles. The van der Waals surface area contributed by atoms with E-state index in [1.54, 1.807) is 0 Å². The van der Waals surface area contributed by atoms with E-state index in [-0.39, 0.29) is 12.3 Å². The Labute approximate surface area is 122 Å². The minimum Gasteiger partial charge on any atom is -0.481 e. The largest absolute Gasteiger partial charge is 0.481 e. The van der Waals surface area contributed by atoms with E-state index in [4.69, 9.17) is 5.11 Å². The fraction of sp³-hybridized carbons (Fsp3) is 0.467. The van der Waals surface area contributed by atoms with Gasteiger partial charge in [-0.3, -0.25) is 9.59 Å². The number of thiophene rings is 1. The van der Waals surface area contributed by atoms with Crippen LogP contribution in [0.1, 0.15) is 49.4 Å². The highest BCUT2D eigenvalue weighted by molar-refractivity contribution is 7.10. The van der Waals surface area contributed by atoms with Crippen LogP contribution in [0.4, 0.5) is 0 Å². The van der Waals surface area contributed by atoms with Crippen molar-refractivity contribution in [1.82, 2.24) is 5.32 Å².